The van der Waals surface area contributed by atoms with E-state index in [9.17, 15) is 9.59 Å². The van der Waals surface area contributed by atoms with Crippen LogP contribution in [-0.4, -0.2) is 22.0 Å². The molecule has 1 aromatic carbocycles. The molecular weight excluding hydrogens is 430 g/mol. The summed E-state index contributed by atoms with van der Waals surface area (Å²) in [6.07, 6.45) is 0. The van der Waals surface area contributed by atoms with Gasteiger partial charge in [0.2, 0.25) is 0 Å². The molecule has 1 aliphatic heterocycles. The highest BCUT2D eigenvalue weighted by Gasteiger charge is 2.50. The summed E-state index contributed by atoms with van der Waals surface area (Å²) in [6, 6.07) is 12.9. The number of aryl methyl sites for hydroxylation is 1. The molecular formula is C19H16BrN3O3S. The van der Waals surface area contributed by atoms with E-state index < -0.39 is 11.6 Å². The quantitative estimate of drug-likeness (QED) is 0.602. The van der Waals surface area contributed by atoms with Gasteiger partial charge in [0.15, 0.2) is 11.3 Å². The first kappa shape index (κ1) is 17.9. The highest BCUT2D eigenvalue weighted by molar-refractivity contribution is 9.11. The van der Waals surface area contributed by atoms with Crippen LogP contribution in [0.1, 0.15) is 23.1 Å². The summed E-state index contributed by atoms with van der Waals surface area (Å²) in [5, 5.41) is 6.85. The van der Waals surface area contributed by atoms with E-state index >= 15 is 0 Å². The molecule has 0 bridgehead atoms. The van der Waals surface area contributed by atoms with Gasteiger partial charge in [-0.1, -0.05) is 35.0 Å². The van der Waals surface area contributed by atoms with Crippen molar-refractivity contribution in [2.24, 2.45) is 0 Å². The number of amides is 3. The Labute approximate surface area is 168 Å². The summed E-state index contributed by atoms with van der Waals surface area (Å²) >= 11 is 4.81. The van der Waals surface area contributed by atoms with Gasteiger partial charge < -0.3 is 9.84 Å². The number of rotatable bonds is 4. The van der Waals surface area contributed by atoms with Gasteiger partial charge in [0.05, 0.1) is 10.3 Å². The number of urea groups is 1. The van der Waals surface area contributed by atoms with Crippen molar-refractivity contribution in [2.75, 3.05) is 0 Å². The molecule has 3 heterocycles. The van der Waals surface area contributed by atoms with Crippen LogP contribution in [0.4, 0.5) is 4.79 Å². The molecule has 1 unspecified atom stereocenters. The first-order valence-electron chi connectivity index (χ1n) is 8.29. The summed E-state index contributed by atoms with van der Waals surface area (Å²) in [4.78, 5) is 27.3. The number of benzene rings is 1. The van der Waals surface area contributed by atoms with Crippen LogP contribution in [0.3, 0.4) is 0 Å². The van der Waals surface area contributed by atoms with E-state index in [2.05, 4.69) is 26.4 Å². The molecule has 3 amide bonds. The van der Waals surface area contributed by atoms with Crippen molar-refractivity contribution < 1.29 is 14.1 Å². The van der Waals surface area contributed by atoms with Crippen LogP contribution in [0, 0.1) is 6.92 Å². The number of nitrogens with one attached hydrogen (secondary N) is 1. The molecule has 2 aromatic heterocycles. The minimum atomic E-state index is -1.08. The second-order valence-electron chi connectivity index (χ2n) is 6.59. The van der Waals surface area contributed by atoms with E-state index in [1.54, 1.807) is 13.0 Å². The van der Waals surface area contributed by atoms with Crippen LogP contribution in [0.25, 0.3) is 11.3 Å². The standard InChI is InChI=1S/C19H16BrN3O3S/c1-11-3-5-12(6-4-11)14-9-13(26-22-14)10-23-17(24)19(2,21-18(23)25)15-7-8-16(20)27-15/h3-9H,10H2,1-2H3,(H,21,25). The number of hydrogen-bond acceptors (Lipinski definition) is 5. The van der Waals surface area contributed by atoms with Gasteiger partial charge >= 0.3 is 6.03 Å². The van der Waals surface area contributed by atoms with Crippen molar-refractivity contribution in [3.63, 3.8) is 0 Å². The minimum absolute atomic E-state index is 0.0334. The maximum Gasteiger partial charge on any atom is 0.325 e. The Morgan fingerprint density at radius 1 is 1.22 bits per heavy atom. The summed E-state index contributed by atoms with van der Waals surface area (Å²) in [5.74, 6) is 0.140. The lowest BCUT2D eigenvalue weighted by Gasteiger charge is -2.19. The van der Waals surface area contributed by atoms with E-state index in [1.807, 2.05) is 43.3 Å². The fraction of sp³-hybridized carbons (Fsp3) is 0.211. The SMILES string of the molecule is Cc1ccc(-c2cc(CN3C(=O)NC(C)(c4ccc(Br)s4)C3=O)on2)cc1. The highest BCUT2D eigenvalue weighted by atomic mass is 79.9. The average molecular weight is 446 g/mol. The lowest BCUT2D eigenvalue weighted by molar-refractivity contribution is -0.131. The highest BCUT2D eigenvalue weighted by Crippen LogP contribution is 2.36. The molecule has 1 aliphatic rings. The number of hydrogen-bond donors (Lipinski definition) is 1. The molecule has 3 aromatic rings. The smallest absolute Gasteiger partial charge is 0.325 e. The Balaban J connectivity index is 1.55. The first-order valence-corrected chi connectivity index (χ1v) is 9.90. The van der Waals surface area contributed by atoms with Crippen LogP contribution >= 0.6 is 27.3 Å². The van der Waals surface area contributed by atoms with E-state index in [0.29, 0.717) is 11.5 Å². The zero-order valence-electron chi connectivity index (χ0n) is 14.7. The van der Waals surface area contributed by atoms with Crippen LogP contribution in [0.2, 0.25) is 0 Å². The monoisotopic (exact) mass is 445 g/mol. The van der Waals surface area contributed by atoms with Gasteiger partial charge in [-0.25, -0.2) is 4.79 Å². The van der Waals surface area contributed by atoms with Crippen molar-refractivity contribution in [2.45, 2.75) is 25.9 Å². The summed E-state index contributed by atoms with van der Waals surface area (Å²) in [5.41, 5.74) is 1.66. The van der Waals surface area contributed by atoms with Gasteiger partial charge in [-0.3, -0.25) is 9.69 Å². The van der Waals surface area contributed by atoms with E-state index in [1.165, 1.54) is 11.3 Å². The van der Waals surface area contributed by atoms with Crippen molar-refractivity contribution in [3.05, 3.63) is 62.5 Å². The van der Waals surface area contributed by atoms with Gasteiger partial charge in [-0.15, -0.1) is 11.3 Å². The first-order chi connectivity index (χ1) is 12.9. The van der Waals surface area contributed by atoms with Crippen molar-refractivity contribution in [1.29, 1.82) is 0 Å². The Hall–Kier alpha value is -2.45. The molecule has 1 atom stereocenters. The predicted molar refractivity (Wildman–Crippen MR) is 105 cm³/mol. The number of thiophene rings is 1. The molecule has 0 aliphatic carbocycles. The second-order valence-corrected chi connectivity index (χ2v) is 9.06. The van der Waals surface area contributed by atoms with Crippen LogP contribution in [-0.2, 0) is 16.9 Å². The molecule has 1 saturated heterocycles. The Morgan fingerprint density at radius 3 is 2.63 bits per heavy atom. The molecule has 1 N–H and O–H groups in total. The van der Waals surface area contributed by atoms with E-state index in [0.717, 1.165) is 24.7 Å². The molecule has 6 nitrogen and oxygen atoms in total. The van der Waals surface area contributed by atoms with Gasteiger partial charge in [0, 0.05) is 16.5 Å². The van der Waals surface area contributed by atoms with Gasteiger partial charge in [0.25, 0.3) is 5.91 Å². The maximum absolute atomic E-state index is 12.9. The number of aromatic nitrogens is 1. The molecule has 0 saturated carbocycles. The Morgan fingerprint density at radius 2 is 1.96 bits per heavy atom. The van der Waals surface area contributed by atoms with E-state index in [4.69, 9.17) is 4.52 Å². The topological polar surface area (TPSA) is 75.4 Å². The molecule has 1 fully saturated rings. The third-order valence-electron chi connectivity index (χ3n) is 4.56. The number of nitrogens with zero attached hydrogens (tertiary/aromatic N) is 2. The fourth-order valence-corrected chi connectivity index (χ4v) is 4.47. The largest absolute Gasteiger partial charge is 0.359 e. The van der Waals surface area contributed by atoms with Crippen molar-refractivity contribution in [3.8, 4) is 11.3 Å². The number of carbonyl (C=O) groups is 2. The normalized spacial score (nSPS) is 19.6. The second kappa shape index (κ2) is 6.61. The van der Waals surface area contributed by atoms with Gasteiger partial charge in [-0.05, 0) is 41.9 Å². The lowest BCUT2D eigenvalue weighted by atomic mass is 10.0. The molecule has 0 radical (unpaired) electrons. The van der Waals surface area contributed by atoms with Crippen molar-refractivity contribution in [1.82, 2.24) is 15.4 Å². The molecule has 0 spiro atoms. The minimum Gasteiger partial charge on any atom is -0.359 e. The Kier molecular flexibility index (Phi) is 4.39. The van der Waals surface area contributed by atoms with Crippen molar-refractivity contribution >= 4 is 39.2 Å². The molecule has 8 heteroatoms. The maximum atomic E-state index is 12.9. The Bertz CT molecular complexity index is 1030. The average Bonchev–Trinajstić information content (AvgIpc) is 3.33. The van der Waals surface area contributed by atoms with E-state index in [-0.39, 0.29) is 12.5 Å². The van der Waals surface area contributed by atoms with Gasteiger partial charge in [-0.2, -0.15) is 0 Å². The number of carbonyl (C=O) groups excluding carboxylic acids is 2. The zero-order valence-corrected chi connectivity index (χ0v) is 17.1. The molecule has 4 rings (SSSR count). The molecule has 27 heavy (non-hydrogen) atoms. The molecule has 138 valence electrons. The van der Waals surface area contributed by atoms with Gasteiger partial charge in [0.1, 0.15) is 5.69 Å². The van der Waals surface area contributed by atoms with Crippen LogP contribution in [0.15, 0.2) is 50.8 Å². The van der Waals surface area contributed by atoms with Crippen LogP contribution in [0.5, 0.6) is 0 Å². The number of halogens is 1. The zero-order chi connectivity index (χ0) is 19.2. The predicted octanol–water partition coefficient (Wildman–Crippen LogP) is 4.44. The summed E-state index contributed by atoms with van der Waals surface area (Å²) < 4.78 is 6.26. The fourth-order valence-electron chi connectivity index (χ4n) is 2.99. The van der Waals surface area contributed by atoms with Crippen LogP contribution < -0.4 is 5.32 Å². The summed E-state index contributed by atoms with van der Waals surface area (Å²) in [6.45, 7) is 3.76. The third kappa shape index (κ3) is 3.19. The number of imide groups is 1. The summed E-state index contributed by atoms with van der Waals surface area (Å²) in [7, 11) is 0. The lowest BCUT2D eigenvalue weighted by Crippen LogP contribution is -2.40. The third-order valence-corrected chi connectivity index (χ3v) is 6.41.